The van der Waals surface area contributed by atoms with Crippen LogP contribution in [-0.2, 0) is 11.3 Å². The van der Waals surface area contributed by atoms with Crippen LogP contribution in [0.4, 0.5) is 11.4 Å². The summed E-state index contributed by atoms with van der Waals surface area (Å²) in [5, 5.41) is 5.64. The van der Waals surface area contributed by atoms with Crippen LogP contribution in [0.25, 0.3) is 0 Å². The van der Waals surface area contributed by atoms with Crippen molar-refractivity contribution in [2.75, 3.05) is 29.2 Å². The van der Waals surface area contributed by atoms with E-state index in [0.29, 0.717) is 24.3 Å². The number of rotatable bonds is 11. The van der Waals surface area contributed by atoms with E-state index < -0.39 is 0 Å². The summed E-state index contributed by atoms with van der Waals surface area (Å²) in [7, 11) is 0. The van der Waals surface area contributed by atoms with Crippen LogP contribution in [0.2, 0.25) is 0 Å². The molecule has 2 N–H and O–H groups in total. The molecule has 0 aliphatic rings. The summed E-state index contributed by atoms with van der Waals surface area (Å²) in [5.74, 6) is 0.211. The van der Waals surface area contributed by atoms with Crippen molar-refractivity contribution >= 4 is 34.8 Å². The number of benzene rings is 1. The molecule has 0 atom stereocenters. The molecule has 0 saturated carbocycles. The quantitative estimate of drug-likeness (QED) is 0.543. The summed E-state index contributed by atoms with van der Waals surface area (Å²) in [6, 6.07) is 9.13. The number of halogens is 1. The first kappa shape index (κ1) is 21.8. The van der Waals surface area contributed by atoms with Crippen LogP contribution in [-0.4, -0.2) is 30.8 Å². The lowest BCUT2D eigenvalue weighted by Gasteiger charge is -2.26. The molecule has 0 saturated heterocycles. The Hall–Kier alpha value is -2.47. The smallest absolute Gasteiger partial charge is 0.253 e. The molecule has 0 radical (unpaired) electrons. The van der Waals surface area contributed by atoms with Crippen LogP contribution in [0.3, 0.4) is 0 Å². The molecular weight excluding hydrogens is 378 g/mol. The molecule has 2 rings (SSSR count). The third kappa shape index (κ3) is 6.30. The first-order valence-electron chi connectivity index (χ1n) is 9.64. The molecule has 0 fully saturated rings. The fraction of sp³-hybridized carbons (Fsp3) is 0.429. The van der Waals surface area contributed by atoms with E-state index in [4.69, 9.17) is 16.0 Å². The second kappa shape index (κ2) is 11.4. The van der Waals surface area contributed by atoms with Crippen molar-refractivity contribution in [2.45, 2.75) is 39.7 Å². The van der Waals surface area contributed by atoms with Gasteiger partial charge in [-0.3, -0.25) is 9.59 Å². The van der Waals surface area contributed by atoms with Gasteiger partial charge in [0.05, 0.1) is 24.1 Å². The number of hydrogen-bond acceptors (Lipinski definition) is 4. The highest BCUT2D eigenvalue weighted by Gasteiger charge is 2.19. The molecule has 6 nitrogen and oxygen atoms in total. The van der Waals surface area contributed by atoms with Crippen LogP contribution >= 0.6 is 11.6 Å². The Labute approximate surface area is 171 Å². The monoisotopic (exact) mass is 405 g/mol. The molecule has 0 unspecified atom stereocenters. The summed E-state index contributed by atoms with van der Waals surface area (Å²) in [6.07, 6.45) is 4.51. The zero-order chi connectivity index (χ0) is 20.4. The third-order valence-electron chi connectivity index (χ3n) is 4.23. The van der Waals surface area contributed by atoms with E-state index in [0.717, 1.165) is 37.3 Å². The minimum absolute atomic E-state index is 0.139. The number of nitrogens with zero attached hydrogens (tertiary/aromatic N) is 1. The van der Waals surface area contributed by atoms with Crippen molar-refractivity contribution in [3.63, 3.8) is 0 Å². The molecule has 0 aliphatic heterocycles. The number of alkyl halides is 1. The van der Waals surface area contributed by atoms with Crippen LogP contribution < -0.4 is 15.5 Å². The van der Waals surface area contributed by atoms with Gasteiger partial charge in [-0.25, -0.2) is 0 Å². The van der Waals surface area contributed by atoms with Gasteiger partial charge in [0.15, 0.2) is 0 Å². The van der Waals surface area contributed by atoms with Crippen molar-refractivity contribution in [3.8, 4) is 0 Å². The van der Waals surface area contributed by atoms with E-state index in [1.54, 1.807) is 18.4 Å². The van der Waals surface area contributed by atoms with Crippen molar-refractivity contribution in [2.24, 2.45) is 0 Å². The molecule has 0 bridgehead atoms. The Morgan fingerprint density at radius 1 is 1.18 bits per heavy atom. The Balaban J connectivity index is 2.38. The fourth-order valence-corrected chi connectivity index (χ4v) is 2.89. The predicted octanol–water partition coefficient (Wildman–Crippen LogP) is 4.40. The van der Waals surface area contributed by atoms with Crippen molar-refractivity contribution < 1.29 is 14.0 Å². The summed E-state index contributed by atoms with van der Waals surface area (Å²) in [4.78, 5) is 26.6. The normalized spacial score (nSPS) is 10.5. The van der Waals surface area contributed by atoms with Crippen molar-refractivity contribution in [1.82, 2.24) is 5.32 Å². The lowest BCUT2D eigenvalue weighted by molar-refractivity contribution is -0.113. The average Bonchev–Trinajstić information content (AvgIpc) is 3.22. The molecule has 2 aromatic rings. The number of unbranched alkanes of at least 4 members (excludes halogenated alkanes) is 1. The molecule has 28 heavy (non-hydrogen) atoms. The van der Waals surface area contributed by atoms with Gasteiger partial charge in [-0.1, -0.05) is 20.3 Å². The first-order chi connectivity index (χ1) is 13.6. The summed E-state index contributed by atoms with van der Waals surface area (Å²) in [5.41, 5.74) is 1.87. The Morgan fingerprint density at radius 2 is 2.00 bits per heavy atom. The van der Waals surface area contributed by atoms with E-state index in [1.807, 2.05) is 25.1 Å². The van der Waals surface area contributed by atoms with Gasteiger partial charge in [-0.15, -0.1) is 11.6 Å². The molecule has 1 aromatic heterocycles. The zero-order valence-corrected chi connectivity index (χ0v) is 17.2. The molecule has 0 aliphatic carbocycles. The lowest BCUT2D eigenvalue weighted by atomic mass is 10.1. The van der Waals surface area contributed by atoms with Gasteiger partial charge in [0.1, 0.15) is 11.6 Å². The number of hydrogen-bond donors (Lipinski definition) is 2. The van der Waals surface area contributed by atoms with Crippen LogP contribution in [0.15, 0.2) is 41.0 Å². The van der Waals surface area contributed by atoms with Gasteiger partial charge in [-0.05, 0) is 43.2 Å². The maximum absolute atomic E-state index is 12.8. The SMILES string of the molecule is CCCCN(Cc1ccco1)c1ccc(NC(=O)CCl)cc1C(=O)NCCC. The standard InChI is InChI=1S/C21H28ClN3O3/c1-3-5-11-25(15-17-7-6-12-28-17)19-9-8-16(24-20(26)14-22)13-18(19)21(27)23-10-4-2/h6-9,12-13H,3-5,10-11,14-15H2,1-2H3,(H,23,27)(H,24,26). The fourth-order valence-electron chi connectivity index (χ4n) is 2.82. The van der Waals surface area contributed by atoms with Gasteiger partial charge in [-0.2, -0.15) is 0 Å². The highest BCUT2D eigenvalue weighted by Crippen LogP contribution is 2.27. The predicted molar refractivity (Wildman–Crippen MR) is 113 cm³/mol. The van der Waals surface area contributed by atoms with Gasteiger partial charge in [0, 0.05) is 18.8 Å². The van der Waals surface area contributed by atoms with Gasteiger partial charge in [0.2, 0.25) is 5.91 Å². The molecule has 2 amide bonds. The molecule has 0 spiro atoms. The van der Waals surface area contributed by atoms with Crippen LogP contribution in [0, 0.1) is 0 Å². The Morgan fingerprint density at radius 3 is 2.64 bits per heavy atom. The van der Waals surface area contributed by atoms with Gasteiger partial charge in [0.25, 0.3) is 5.91 Å². The van der Waals surface area contributed by atoms with E-state index in [1.165, 1.54) is 0 Å². The maximum Gasteiger partial charge on any atom is 0.253 e. The summed E-state index contributed by atoms with van der Waals surface area (Å²) >= 11 is 5.58. The second-order valence-corrected chi connectivity index (χ2v) is 6.79. The number of carbonyl (C=O) groups excluding carboxylic acids is 2. The van der Waals surface area contributed by atoms with E-state index in [2.05, 4.69) is 22.5 Å². The Bertz CT molecular complexity index is 762. The topological polar surface area (TPSA) is 74.6 Å². The van der Waals surface area contributed by atoms with Crippen LogP contribution in [0.5, 0.6) is 0 Å². The number of amides is 2. The van der Waals surface area contributed by atoms with Gasteiger partial charge >= 0.3 is 0 Å². The van der Waals surface area contributed by atoms with Crippen LogP contribution in [0.1, 0.15) is 49.2 Å². The maximum atomic E-state index is 12.8. The minimum Gasteiger partial charge on any atom is -0.467 e. The highest BCUT2D eigenvalue weighted by atomic mass is 35.5. The molecule has 1 aromatic carbocycles. The zero-order valence-electron chi connectivity index (χ0n) is 16.5. The second-order valence-electron chi connectivity index (χ2n) is 6.52. The number of furan rings is 1. The molecular formula is C21H28ClN3O3. The van der Waals surface area contributed by atoms with Crippen molar-refractivity contribution in [3.05, 3.63) is 47.9 Å². The van der Waals surface area contributed by atoms with Crippen molar-refractivity contribution in [1.29, 1.82) is 0 Å². The number of nitrogens with one attached hydrogen (secondary N) is 2. The molecule has 152 valence electrons. The highest BCUT2D eigenvalue weighted by molar-refractivity contribution is 6.29. The summed E-state index contributed by atoms with van der Waals surface area (Å²) < 4.78 is 5.51. The largest absolute Gasteiger partial charge is 0.467 e. The molecule has 7 heteroatoms. The minimum atomic E-state index is -0.312. The Kier molecular flexibility index (Phi) is 8.88. The number of anilines is 2. The average molecular weight is 406 g/mol. The first-order valence-corrected chi connectivity index (χ1v) is 10.2. The van der Waals surface area contributed by atoms with E-state index in [-0.39, 0.29) is 17.7 Å². The van der Waals surface area contributed by atoms with E-state index in [9.17, 15) is 9.59 Å². The third-order valence-corrected chi connectivity index (χ3v) is 4.47. The van der Waals surface area contributed by atoms with Gasteiger partial charge < -0.3 is 20.0 Å². The van der Waals surface area contributed by atoms with E-state index >= 15 is 0 Å². The summed E-state index contributed by atoms with van der Waals surface area (Å²) in [6.45, 7) is 6.07. The molecule has 1 heterocycles. The lowest BCUT2D eigenvalue weighted by Crippen LogP contribution is -2.30. The number of carbonyl (C=O) groups is 2.